The third kappa shape index (κ3) is 4.31. The molecule has 2 rings (SSSR count). The molecule has 0 radical (unpaired) electrons. The van der Waals surface area contributed by atoms with Crippen LogP contribution in [0.1, 0.15) is 56.9 Å². The molecule has 1 aromatic rings. The molecular formula is C17H27NO3S. The van der Waals surface area contributed by atoms with Gasteiger partial charge < -0.3 is 5.11 Å². The number of aliphatic hydroxyl groups excluding tert-OH is 1. The predicted molar refractivity (Wildman–Crippen MR) is 88.4 cm³/mol. The van der Waals surface area contributed by atoms with E-state index >= 15 is 0 Å². The molecule has 1 fully saturated rings. The maximum absolute atomic E-state index is 12.5. The van der Waals surface area contributed by atoms with Gasteiger partial charge in [0.05, 0.1) is 11.0 Å². The van der Waals surface area contributed by atoms with E-state index in [2.05, 4.69) is 0 Å². The van der Waals surface area contributed by atoms with Crippen LogP contribution in [-0.2, 0) is 10.0 Å². The Labute approximate surface area is 134 Å². The Balaban J connectivity index is 2.07. The highest BCUT2D eigenvalue weighted by Gasteiger charge is 2.22. The quantitative estimate of drug-likeness (QED) is 0.874. The topological polar surface area (TPSA) is 57.6 Å². The van der Waals surface area contributed by atoms with E-state index in [9.17, 15) is 13.5 Å². The van der Waals surface area contributed by atoms with Crippen molar-refractivity contribution in [3.8, 4) is 0 Å². The molecule has 5 heteroatoms. The monoisotopic (exact) mass is 325 g/mol. The Hall–Kier alpha value is -0.910. The van der Waals surface area contributed by atoms with E-state index in [-0.39, 0.29) is 0 Å². The van der Waals surface area contributed by atoms with Crippen LogP contribution in [0.5, 0.6) is 0 Å². The molecule has 1 aromatic carbocycles. The van der Waals surface area contributed by atoms with Crippen LogP contribution in [0.25, 0.3) is 0 Å². The first-order valence-electron chi connectivity index (χ1n) is 8.15. The molecule has 1 aliphatic rings. The van der Waals surface area contributed by atoms with Gasteiger partial charge in [-0.3, -0.25) is 0 Å². The average molecular weight is 325 g/mol. The van der Waals surface area contributed by atoms with Crippen LogP contribution in [-0.4, -0.2) is 37.5 Å². The number of hydrogen-bond donors (Lipinski definition) is 1. The Kier molecular flexibility index (Phi) is 6.01. The van der Waals surface area contributed by atoms with Gasteiger partial charge in [-0.05, 0) is 49.8 Å². The molecule has 0 saturated heterocycles. The molecule has 1 atom stereocenters. The largest absolute Gasteiger partial charge is 0.393 e. The molecule has 0 unspecified atom stereocenters. The highest BCUT2D eigenvalue weighted by Crippen LogP contribution is 2.33. The average Bonchev–Trinajstić information content (AvgIpc) is 2.53. The second-order valence-corrected chi connectivity index (χ2v) is 8.41. The van der Waals surface area contributed by atoms with Crippen molar-refractivity contribution in [3.05, 3.63) is 29.8 Å². The summed E-state index contributed by atoms with van der Waals surface area (Å²) in [5.41, 5.74) is 1.25. The maximum Gasteiger partial charge on any atom is 0.242 e. The standard InChI is InChI=1S/C17H27NO3S/c1-14(19)12-13-18(2)22(20,21)17-10-8-16(9-11-17)15-6-4-3-5-7-15/h8-11,14-15,19H,3-7,12-13H2,1-2H3/t14-/m1/s1. The summed E-state index contributed by atoms with van der Waals surface area (Å²) >= 11 is 0. The first-order chi connectivity index (χ1) is 10.4. The van der Waals surface area contributed by atoms with Crippen LogP contribution in [0.4, 0.5) is 0 Å². The van der Waals surface area contributed by atoms with Crippen molar-refractivity contribution >= 4 is 10.0 Å². The Morgan fingerprint density at radius 1 is 1.18 bits per heavy atom. The first kappa shape index (κ1) is 17.4. The van der Waals surface area contributed by atoms with Crippen molar-refractivity contribution in [3.63, 3.8) is 0 Å². The molecule has 0 heterocycles. The normalized spacial score (nSPS) is 18.5. The second-order valence-electron chi connectivity index (χ2n) is 6.37. The van der Waals surface area contributed by atoms with Gasteiger partial charge in [0.1, 0.15) is 0 Å². The number of aliphatic hydroxyl groups is 1. The zero-order chi connectivity index (χ0) is 16.2. The van der Waals surface area contributed by atoms with E-state index < -0.39 is 16.1 Å². The molecule has 1 N–H and O–H groups in total. The Bertz CT molecular complexity index is 560. The van der Waals surface area contributed by atoms with Crippen LogP contribution in [0.15, 0.2) is 29.2 Å². The molecule has 4 nitrogen and oxygen atoms in total. The van der Waals surface area contributed by atoms with E-state index in [0.717, 1.165) is 0 Å². The zero-order valence-corrected chi connectivity index (χ0v) is 14.3. The van der Waals surface area contributed by atoms with E-state index in [0.29, 0.717) is 23.8 Å². The second kappa shape index (κ2) is 7.57. The molecule has 1 saturated carbocycles. The summed E-state index contributed by atoms with van der Waals surface area (Å²) in [6, 6.07) is 7.37. The maximum atomic E-state index is 12.5. The molecule has 0 aliphatic heterocycles. The van der Waals surface area contributed by atoms with Gasteiger partial charge in [0, 0.05) is 13.6 Å². The minimum Gasteiger partial charge on any atom is -0.393 e. The van der Waals surface area contributed by atoms with Crippen molar-refractivity contribution in [1.82, 2.24) is 4.31 Å². The van der Waals surface area contributed by atoms with Gasteiger partial charge >= 0.3 is 0 Å². The molecule has 0 amide bonds. The Morgan fingerprint density at radius 3 is 2.32 bits per heavy atom. The summed E-state index contributed by atoms with van der Waals surface area (Å²) in [5, 5.41) is 9.30. The van der Waals surface area contributed by atoms with Gasteiger partial charge in [-0.2, -0.15) is 0 Å². The summed E-state index contributed by atoms with van der Waals surface area (Å²) in [5.74, 6) is 0.582. The van der Waals surface area contributed by atoms with E-state index in [1.807, 2.05) is 12.1 Å². The summed E-state index contributed by atoms with van der Waals surface area (Å²) in [7, 11) is -1.90. The molecule has 0 aromatic heterocycles. The predicted octanol–water partition coefficient (Wildman–Crippen LogP) is 3.13. The summed E-state index contributed by atoms with van der Waals surface area (Å²) in [6.45, 7) is 1.99. The lowest BCUT2D eigenvalue weighted by Crippen LogP contribution is -2.29. The molecule has 1 aliphatic carbocycles. The Morgan fingerprint density at radius 2 is 1.77 bits per heavy atom. The van der Waals surface area contributed by atoms with Gasteiger partial charge in [0.2, 0.25) is 10.0 Å². The van der Waals surface area contributed by atoms with Gasteiger partial charge in [0.15, 0.2) is 0 Å². The molecule has 124 valence electrons. The lowest BCUT2D eigenvalue weighted by Gasteiger charge is -2.22. The van der Waals surface area contributed by atoms with Crippen LogP contribution in [0.2, 0.25) is 0 Å². The molecular weight excluding hydrogens is 298 g/mol. The molecule has 22 heavy (non-hydrogen) atoms. The highest BCUT2D eigenvalue weighted by atomic mass is 32.2. The van der Waals surface area contributed by atoms with Crippen LogP contribution >= 0.6 is 0 Å². The first-order valence-corrected chi connectivity index (χ1v) is 9.59. The van der Waals surface area contributed by atoms with E-state index in [4.69, 9.17) is 0 Å². The summed E-state index contributed by atoms with van der Waals surface area (Å²) in [6.07, 6.45) is 6.22. The van der Waals surface area contributed by atoms with E-state index in [1.54, 1.807) is 26.1 Å². The highest BCUT2D eigenvalue weighted by molar-refractivity contribution is 7.89. The van der Waals surface area contributed by atoms with Crippen LogP contribution < -0.4 is 0 Å². The lowest BCUT2D eigenvalue weighted by atomic mass is 9.84. The third-order valence-electron chi connectivity index (χ3n) is 4.53. The van der Waals surface area contributed by atoms with Crippen molar-refractivity contribution < 1.29 is 13.5 Å². The van der Waals surface area contributed by atoms with Crippen molar-refractivity contribution in [1.29, 1.82) is 0 Å². The van der Waals surface area contributed by atoms with Gasteiger partial charge in [-0.15, -0.1) is 0 Å². The smallest absolute Gasteiger partial charge is 0.242 e. The number of hydrogen-bond acceptors (Lipinski definition) is 3. The minimum absolute atomic E-state index is 0.324. The number of sulfonamides is 1. The lowest BCUT2D eigenvalue weighted by molar-refractivity contribution is 0.177. The van der Waals surface area contributed by atoms with Crippen molar-refractivity contribution in [2.24, 2.45) is 0 Å². The summed E-state index contributed by atoms with van der Waals surface area (Å²) < 4.78 is 26.3. The van der Waals surface area contributed by atoms with Gasteiger partial charge in [-0.25, -0.2) is 12.7 Å². The van der Waals surface area contributed by atoms with Crippen LogP contribution in [0.3, 0.4) is 0 Å². The fraction of sp³-hybridized carbons (Fsp3) is 0.647. The fourth-order valence-corrected chi connectivity index (χ4v) is 4.20. The van der Waals surface area contributed by atoms with Crippen molar-refractivity contribution in [2.45, 2.75) is 62.4 Å². The minimum atomic E-state index is -3.46. The number of nitrogens with zero attached hydrogens (tertiary/aromatic N) is 1. The zero-order valence-electron chi connectivity index (χ0n) is 13.5. The van der Waals surface area contributed by atoms with Crippen LogP contribution in [0, 0.1) is 0 Å². The molecule has 0 spiro atoms. The summed E-state index contributed by atoms with van der Waals surface area (Å²) in [4.78, 5) is 0.333. The third-order valence-corrected chi connectivity index (χ3v) is 6.40. The number of benzene rings is 1. The van der Waals surface area contributed by atoms with E-state index in [1.165, 1.54) is 42.0 Å². The van der Waals surface area contributed by atoms with Crippen molar-refractivity contribution in [2.75, 3.05) is 13.6 Å². The van der Waals surface area contributed by atoms with Gasteiger partial charge in [-0.1, -0.05) is 31.4 Å². The van der Waals surface area contributed by atoms with Gasteiger partial charge in [0.25, 0.3) is 0 Å². The SMILES string of the molecule is C[C@@H](O)CCN(C)S(=O)(=O)c1ccc(C2CCCCC2)cc1. The number of rotatable bonds is 6. The molecule has 0 bridgehead atoms. The fourth-order valence-electron chi connectivity index (χ4n) is 3.02.